The number of carboxylic acids is 1. The van der Waals surface area contributed by atoms with E-state index in [1.807, 2.05) is 0 Å². The molecule has 14 heavy (non-hydrogen) atoms. The van der Waals surface area contributed by atoms with E-state index in [1.165, 1.54) is 24.7 Å². The molecule has 0 fully saturated rings. The van der Waals surface area contributed by atoms with Crippen LogP contribution in [0, 0.1) is 0 Å². The number of ether oxygens (including phenoxy) is 1. The monoisotopic (exact) mass is 196 g/mol. The van der Waals surface area contributed by atoms with E-state index >= 15 is 0 Å². The highest BCUT2D eigenvalue weighted by molar-refractivity contribution is 6.16. The van der Waals surface area contributed by atoms with Gasteiger partial charge >= 0.3 is 11.9 Å². The van der Waals surface area contributed by atoms with Gasteiger partial charge in [-0.3, -0.25) is 0 Å². The van der Waals surface area contributed by atoms with Crippen molar-refractivity contribution in [2.75, 3.05) is 7.11 Å². The molecule has 1 aromatic rings. The topological polar surface area (TPSA) is 76.7 Å². The molecule has 1 N–H and O–H groups in total. The minimum atomic E-state index is -1.34. The average Bonchev–Trinajstić information content (AvgIpc) is 2.65. The summed E-state index contributed by atoms with van der Waals surface area (Å²) in [5.74, 6) is -2.23. The lowest BCUT2D eigenvalue weighted by Crippen LogP contribution is -2.13. The quantitative estimate of drug-likeness (QED) is 0.336. The van der Waals surface area contributed by atoms with Crippen LogP contribution in [0.1, 0.15) is 5.56 Å². The Hall–Kier alpha value is -2.04. The standard InChI is InChI=1S/C9H8O5/c1-13-9(12)7(8(10)11)4-6-2-3-14-5-6/h2-5H,1H3,(H,10,11)/b7-4-. The van der Waals surface area contributed by atoms with Gasteiger partial charge in [0.25, 0.3) is 0 Å². The van der Waals surface area contributed by atoms with Gasteiger partial charge in [0.2, 0.25) is 0 Å². The number of hydrogen-bond donors (Lipinski definition) is 1. The molecule has 0 spiro atoms. The summed E-state index contributed by atoms with van der Waals surface area (Å²) in [6.45, 7) is 0. The molecule has 0 saturated carbocycles. The second-order valence-corrected chi connectivity index (χ2v) is 2.41. The predicted molar refractivity (Wildman–Crippen MR) is 46.3 cm³/mol. The smallest absolute Gasteiger partial charge is 0.345 e. The summed E-state index contributed by atoms with van der Waals surface area (Å²) in [6, 6.07) is 1.53. The van der Waals surface area contributed by atoms with Crippen LogP contribution >= 0.6 is 0 Å². The molecule has 0 aromatic carbocycles. The molecular formula is C9H8O5. The van der Waals surface area contributed by atoms with Crippen LogP contribution in [0.2, 0.25) is 0 Å². The lowest BCUT2D eigenvalue weighted by Gasteiger charge is -1.98. The first kappa shape index (κ1) is 10.0. The molecule has 1 rings (SSSR count). The van der Waals surface area contributed by atoms with Crippen LogP contribution in [0.5, 0.6) is 0 Å². The molecule has 0 radical (unpaired) electrons. The van der Waals surface area contributed by atoms with Crippen LogP contribution in [-0.2, 0) is 14.3 Å². The number of furan rings is 1. The van der Waals surface area contributed by atoms with Gasteiger partial charge in [0.05, 0.1) is 19.6 Å². The predicted octanol–water partition coefficient (Wildman–Crippen LogP) is 0.921. The van der Waals surface area contributed by atoms with Gasteiger partial charge in [0.15, 0.2) is 0 Å². The van der Waals surface area contributed by atoms with Gasteiger partial charge in [-0.05, 0) is 12.1 Å². The summed E-state index contributed by atoms with van der Waals surface area (Å²) >= 11 is 0. The maximum absolute atomic E-state index is 11.0. The zero-order valence-electron chi connectivity index (χ0n) is 7.39. The summed E-state index contributed by atoms with van der Waals surface area (Å²) in [6.07, 6.45) is 3.88. The Kier molecular flexibility index (Phi) is 3.06. The molecule has 0 aliphatic carbocycles. The van der Waals surface area contributed by atoms with Crippen LogP contribution in [0.4, 0.5) is 0 Å². The molecule has 0 aliphatic heterocycles. The Labute approximate surface area is 79.6 Å². The van der Waals surface area contributed by atoms with Gasteiger partial charge in [-0.25, -0.2) is 9.59 Å². The normalized spacial score (nSPS) is 11.1. The molecule has 5 heteroatoms. The fraction of sp³-hybridized carbons (Fsp3) is 0.111. The van der Waals surface area contributed by atoms with Crippen molar-refractivity contribution in [1.82, 2.24) is 0 Å². The van der Waals surface area contributed by atoms with Crippen molar-refractivity contribution in [1.29, 1.82) is 0 Å². The van der Waals surface area contributed by atoms with Gasteiger partial charge in [-0.2, -0.15) is 0 Å². The second kappa shape index (κ2) is 4.27. The van der Waals surface area contributed by atoms with E-state index < -0.39 is 17.5 Å². The third kappa shape index (κ3) is 2.22. The Balaban J connectivity index is 2.99. The highest BCUT2D eigenvalue weighted by Crippen LogP contribution is 2.08. The summed E-state index contributed by atoms with van der Waals surface area (Å²) in [5, 5.41) is 8.67. The maximum Gasteiger partial charge on any atom is 0.345 e. The molecule has 1 aromatic heterocycles. The van der Waals surface area contributed by atoms with Crippen LogP contribution in [0.25, 0.3) is 6.08 Å². The first-order valence-electron chi connectivity index (χ1n) is 3.70. The van der Waals surface area contributed by atoms with E-state index in [-0.39, 0.29) is 0 Å². The number of carboxylic acid groups (broad SMARTS) is 1. The molecule has 0 unspecified atom stereocenters. The molecular weight excluding hydrogens is 188 g/mol. The summed E-state index contributed by atoms with van der Waals surface area (Å²) in [7, 11) is 1.12. The summed E-state index contributed by atoms with van der Waals surface area (Å²) < 4.78 is 9.02. The molecule has 0 atom stereocenters. The Morgan fingerprint density at radius 1 is 1.57 bits per heavy atom. The molecule has 0 amide bonds. The molecule has 0 saturated heterocycles. The van der Waals surface area contributed by atoms with E-state index in [0.29, 0.717) is 5.56 Å². The van der Waals surface area contributed by atoms with E-state index in [2.05, 4.69) is 4.74 Å². The second-order valence-electron chi connectivity index (χ2n) is 2.41. The van der Waals surface area contributed by atoms with Crippen molar-refractivity contribution in [3.63, 3.8) is 0 Å². The zero-order chi connectivity index (χ0) is 10.6. The van der Waals surface area contributed by atoms with Crippen LogP contribution in [0.15, 0.2) is 28.6 Å². The minimum Gasteiger partial charge on any atom is -0.477 e. The number of hydrogen-bond acceptors (Lipinski definition) is 4. The molecule has 0 bridgehead atoms. The average molecular weight is 196 g/mol. The number of carbonyl (C=O) groups excluding carboxylic acids is 1. The lowest BCUT2D eigenvalue weighted by molar-refractivity contribution is -0.142. The van der Waals surface area contributed by atoms with Crippen LogP contribution in [0.3, 0.4) is 0 Å². The highest BCUT2D eigenvalue weighted by atomic mass is 16.5. The zero-order valence-corrected chi connectivity index (χ0v) is 7.39. The van der Waals surface area contributed by atoms with Crippen molar-refractivity contribution in [2.24, 2.45) is 0 Å². The minimum absolute atomic E-state index is 0.436. The number of esters is 1. The van der Waals surface area contributed by atoms with Crippen molar-refractivity contribution >= 4 is 18.0 Å². The van der Waals surface area contributed by atoms with E-state index in [4.69, 9.17) is 9.52 Å². The van der Waals surface area contributed by atoms with Gasteiger partial charge in [-0.1, -0.05) is 0 Å². The van der Waals surface area contributed by atoms with Crippen molar-refractivity contribution < 1.29 is 23.8 Å². The van der Waals surface area contributed by atoms with Crippen LogP contribution < -0.4 is 0 Å². The molecule has 5 nitrogen and oxygen atoms in total. The molecule has 0 aliphatic rings. The van der Waals surface area contributed by atoms with Crippen LogP contribution in [-0.4, -0.2) is 24.2 Å². The Morgan fingerprint density at radius 2 is 2.29 bits per heavy atom. The fourth-order valence-electron chi connectivity index (χ4n) is 0.842. The first-order chi connectivity index (χ1) is 6.65. The summed E-state index contributed by atoms with van der Waals surface area (Å²) in [4.78, 5) is 21.6. The third-order valence-electron chi connectivity index (χ3n) is 1.49. The number of aliphatic carboxylic acids is 1. The van der Waals surface area contributed by atoms with Crippen molar-refractivity contribution in [3.05, 3.63) is 29.7 Å². The van der Waals surface area contributed by atoms with Gasteiger partial charge in [0.1, 0.15) is 5.57 Å². The van der Waals surface area contributed by atoms with E-state index in [0.717, 1.165) is 7.11 Å². The summed E-state index contributed by atoms with van der Waals surface area (Å²) in [5.41, 5.74) is 0.0571. The van der Waals surface area contributed by atoms with E-state index in [1.54, 1.807) is 0 Å². The molecule has 74 valence electrons. The first-order valence-corrected chi connectivity index (χ1v) is 3.70. The Morgan fingerprint density at radius 3 is 2.71 bits per heavy atom. The van der Waals surface area contributed by atoms with E-state index in [9.17, 15) is 9.59 Å². The number of rotatable bonds is 3. The van der Waals surface area contributed by atoms with Crippen molar-refractivity contribution in [2.45, 2.75) is 0 Å². The SMILES string of the molecule is COC(=O)/C(=C\c1ccoc1)C(=O)O. The molecule has 1 heterocycles. The van der Waals surface area contributed by atoms with Crippen molar-refractivity contribution in [3.8, 4) is 0 Å². The van der Waals surface area contributed by atoms with Gasteiger partial charge in [-0.15, -0.1) is 0 Å². The van der Waals surface area contributed by atoms with Gasteiger partial charge < -0.3 is 14.3 Å². The number of methoxy groups -OCH3 is 1. The Bertz CT molecular complexity index is 361. The highest BCUT2D eigenvalue weighted by Gasteiger charge is 2.17. The largest absolute Gasteiger partial charge is 0.477 e. The van der Waals surface area contributed by atoms with Gasteiger partial charge in [0, 0.05) is 5.56 Å². The third-order valence-corrected chi connectivity index (χ3v) is 1.49. The lowest BCUT2D eigenvalue weighted by atomic mass is 10.2. The number of carbonyl (C=O) groups is 2. The maximum atomic E-state index is 11.0. The fourth-order valence-corrected chi connectivity index (χ4v) is 0.842.